The molecule has 1 fully saturated rings. The standard InChI is InChI=1S/C18H19FN4O3/c19-14-3-1-2-12(10-14)11-23-16(24)5-4-15(21-23)18(26)22-8-6-13(7-9-22)17(20)25/h1-5,10,13H,6-9,11H2,(H2,20,25). The van der Waals surface area contributed by atoms with E-state index in [9.17, 15) is 18.8 Å². The summed E-state index contributed by atoms with van der Waals surface area (Å²) in [6.07, 6.45) is 1.04. The molecule has 0 bridgehead atoms. The summed E-state index contributed by atoms with van der Waals surface area (Å²) in [4.78, 5) is 37.4. The molecular formula is C18H19FN4O3. The van der Waals surface area contributed by atoms with Gasteiger partial charge >= 0.3 is 0 Å². The molecule has 7 nitrogen and oxygen atoms in total. The first kappa shape index (κ1) is 17.8. The topological polar surface area (TPSA) is 98.3 Å². The molecular weight excluding hydrogens is 339 g/mol. The summed E-state index contributed by atoms with van der Waals surface area (Å²) in [5.41, 5.74) is 5.64. The normalized spacial score (nSPS) is 15.0. The van der Waals surface area contributed by atoms with Crippen molar-refractivity contribution in [3.8, 4) is 0 Å². The Hall–Kier alpha value is -3.03. The minimum Gasteiger partial charge on any atom is -0.369 e. The van der Waals surface area contributed by atoms with Crippen LogP contribution >= 0.6 is 0 Å². The van der Waals surface area contributed by atoms with Gasteiger partial charge in [-0.3, -0.25) is 14.4 Å². The molecule has 1 aliphatic rings. The van der Waals surface area contributed by atoms with E-state index in [1.54, 1.807) is 17.0 Å². The van der Waals surface area contributed by atoms with Gasteiger partial charge in [0.05, 0.1) is 6.54 Å². The first-order chi connectivity index (χ1) is 12.4. The maximum absolute atomic E-state index is 13.3. The van der Waals surface area contributed by atoms with Crippen LogP contribution in [0.25, 0.3) is 0 Å². The molecule has 2 aromatic rings. The monoisotopic (exact) mass is 358 g/mol. The number of rotatable bonds is 4. The van der Waals surface area contributed by atoms with Crippen molar-refractivity contribution in [1.29, 1.82) is 0 Å². The van der Waals surface area contributed by atoms with Crippen LogP contribution in [0.3, 0.4) is 0 Å². The number of piperidine rings is 1. The lowest BCUT2D eigenvalue weighted by molar-refractivity contribution is -0.123. The summed E-state index contributed by atoms with van der Waals surface area (Å²) >= 11 is 0. The Morgan fingerprint density at radius 1 is 1.19 bits per heavy atom. The summed E-state index contributed by atoms with van der Waals surface area (Å²) in [6.45, 7) is 0.899. The predicted molar refractivity (Wildman–Crippen MR) is 91.8 cm³/mol. The van der Waals surface area contributed by atoms with Gasteiger partial charge in [0.25, 0.3) is 11.5 Å². The van der Waals surface area contributed by atoms with Gasteiger partial charge in [-0.25, -0.2) is 9.07 Å². The highest BCUT2D eigenvalue weighted by atomic mass is 19.1. The molecule has 1 saturated heterocycles. The van der Waals surface area contributed by atoms with Gasteiger partial charge in [-0.2, -0.15) is 5.10 Å². The smallest absolute Gasteiger partial charge is 0.274 e. The number of carbonyl (C=O) groups is 2. The third kappa shape index (κ3) is 3.96. The highest BCUT2D eigenvalue weighted by molar-refractivity contribution is 5.92. The van der Waals surface area contributed by atoms with Crippen LogP contribution in [0.1, 0.15) is 28.9 Å². The number of hydrogen-bond acceptors (Lipinski definition) is 4. The number of amides is 2. The van der Waals surface area contributed by atoms with Crippen LogP contribution in [-0.2, 0) is 11.3 Å². The second-order valence-electron chi connectivity index (χ2n) is 6.31. The number of likely N-dealkylation sites (tertiary alicyclic amines) is 1. The number of primary amides is 1. The minimum absolute atomic E-state index is 0.0709. The number of halogens is 1. The zero-order valence-electron chi connectivity index (χ0n) is 14.1. The van der Waals surface area contributed by atoms with E-state index in [2.05, 4.69) is 5.10 Å². The van der Waals surface area contributed by atoms with E-state index in [0.29, 0.717) is 31.5 Å². The van der Waals surface area contributed by atoms with E-state index in [-0.39, 0.29) is 35.5 Å². The van der Waals surface area contributed by atoms with Crippen LogP contribution in [0.15, 0.2) is 41.2 Å². The molecule has 1 aromatic carbocycles. The largest absolute Gasteiger partial charge is 0.369 e. The van der Waals surface area contributed by atoms with E-state index >= 15 is 0 Å². The minimum atomic E-state index is -0.403. The van der Waals surface area contributed by atoms with Gasteiger partial charge in [-0.1, -0.05) is 12.1 Å². The Morgan fingerprint density at radius 3 is 2.58 bits per heavy atom. The fourth-order valence-electron chi connectivity index (χ4n) is 3.01. The number of benzene rings is 1. The highest BCUT2D eigenvalue weighted by Gasteiger charge is 2.27. The van der Waals surface area contributed by atoms with E-state index in [4.69, 9.17) is 5.73 Å². The molecule has 136 valence electrons. The van der Waals surface area contributed by atoms with Crippen molar-refractivity contribution in [2.24, 2.45) is 11.7 Å². The van der Waals surface area contributed by atoms with Crippen LogP contribution in [-0.4, -0.2) is 39.6 Å². The van der Waals surface area contributed by atoms with Gasteiger partial charge in [0.15, 0.2) is 0 Å². The summed E-state index contributed by atoms with van der Waals surface area (Å²) < 4.78 is 14.4. The van der Waals surface area contributed by atoms with Crippen molar-refractivity contribution in [2.75, 3.05) is 13.1 Å². The van der Waals surface area contributed by atoms with Gasteiger partial charge in [-0.05, 0) is 36.6 Å². The second-order valence-corrected chi connectivity index (χ2v) is 6.31. The van der Waals surface area contributed by atoms with E-state index in [1.165, 1.54) is 24.3 Å². The van der Waals surface area contributed by atoms with E-state index in [1.807, 2.05) is 0 Å². The summed E-state index contributed by atoms with van der Waals surface area (Å²) in [6, 6.07) is 8.52. The third-order valence-electron chi connectivity index (χ3n) is 4.49. The van der Waals surface area contributed by atoms with Crippen LogP contribution in [0.2, 0.25) is 0 Å². The van der Waals surface area contributed by atoms with E-state index in [0.717, 1.165) is 4.68 Å². The first-order valence-corrected chi connectivity index (χ1v) is 8.35. The third-order valence-corrected chi connectivity index (χ3v) is 4.49. The molecule has 1 aromatic heterocycles. The zero-order valence-corrected chi connectivity index (χ0v) is 14.1. The van der Waals surface area contributed by atoms with Crippen molar-refractivity contribution >= 4 is 11.8 Å². The molecule has 1 aliphatic heterocycles. The SMILES string of the molecule is NC(=O)C1CCN(C(=O)c2ccc(=O)n(Cc3cccc(F)c3)n2)CC1. The van der Waals surface area contributed by atoms with Crippen LogP contribution in [0.5, 0.6) is 0 Å². The van der Waals surface area contributed by atoms with Gasteiger partial charge in [0.2, 0.25) is 5.91 Å². The molecule has 2 amide bonds. The maximum Gasteiger partial charge on any atom is 0.274 e. The van der Waals surface area contributed by atoms with Crippen molar-refractivity contribution in [3.05, 3.63) is 63.8 Å². The zero-order chi connectivity index (χ0) is 18.7. The Morgan fingerprint density at radius 2 is 1.92 bits per heavy atom. The molecule has 0 spiro atoms. The predicted octanol–water partition coefficient (Wildman–Crippen LogP) is 0.768. The Kier molecular flexibility index (Phi) is 5.11. The number of aromatic nitrogens is 2. The average Bonchev–Trinajstić information content (AvgIpc) is 2.63. The van der Waals surface area contributed by atoms with Crippen molar-refractivity contribution in [3.63, 3.8) is 0 Å². The van der Waals surface area contributed by atoms with Crippen LogP contribution in [0.4, 0.5) is 4.39 Å². The summed E-state index contributed by atoms with van der Waals surface area (Å²) in [5, 5.41) is 4.13. The van der Waals surface area contributed by atoms with Crippen molar-refractivity contribution < 1.29 is 14.0 Å². The molecule has 2 heterocycles. The van der Waals surface area contributed by atoms with Crippen molar-refractivity contribution in [1.82, 2.24) is 14.7 Å². The number of hydrogen-bond donors (Lipinski definition) is 1. The van der Waals surface area contributed by atoms with Crippen LogP contribution < -0.4 is 11.3 Å². The van der Waals surface area contributed by atoms with Gasteiger partial charge in [0.1, 0.15) is 11.5 Å². The lowest BCUT2D eigenvalue weighted by Gasteiger charge is -2.30. The highest BCUT2D eigenvalue weighted by Crippen LogP contribution is 2.18. The van der Waals surface area contributed by atoms with E-state index < -0.39 is 5.82 Å². The molecule has 0 atom stereocenters. The Bertz CT molecular complexity index is 888. The van der Waals surface area contributed by atoms with Gasteiger partial charge in [-0.15, -0.1) is 0 Å². The quantitative estimate of drug-likeness (QED) is 0.873. The maximum atomic E-state index is 13.3. The van der Waals surface area contributed by atoms with Gasteiger partial charge < -0.3 is 10.6 Å². The van der Waals surface area contributed by atoms with Gasteiger partial charge in [0, 0.05) is 25.1 Å². The molecule has 0 unspecified atom stereocenters. The molecule has 2 N–H and O–H groups in total. The molecule has 26 heavy (non-hydrogen) atoms. The van der Waals surface area contributed by atoms with Crippen LogP contribution in [0, 0.1) is 11.7 Å². The number of nitrogens with zero attached hydrogens (tertiary/aromatic N) is 3. The average molecular weight is 358 g/mol. The fourth-order valence-corrected chi connectivity index (χ4v) is 3.01. The Labute approximate surface area is 149 Å². The fraction of sp³-hybridized carbons (Fsp3) is 0.333. The number of carbonyl (C=O) groups excluding carboxylic acids is 2. The number of nitrogens with two attached hydrogens (primary N) is 1. The lowest BCUT2D eigenvalue weighted by Crippen LogP contribution is -2.42. The molecule has 0 aliphatic carbocycles. The summed E-state index contributed by atoms with van der Waals surface area (Å²) in [5.74, 6) is -1.27. The summed E-state index contributed by atoms with van der Waals surface area (Å²) in [7, 11) is 0. The Balaban J connectivity index is 1.76. The second kappa shape index (κ2) is 7.47. The molecule has 0 radical (unpaired) electrons. The lowest BCUT2D eigenvalue weighted by atomic mass is 9.96. The molecule has 3 rings (SSSR count). The molecule has 8 heteroatoms. The molecule has 0 saturated carbocycles. The van der Waals surface area contributed by atoms with Crippen molar-refractivity contribution in [2.45, 2.75) is 19.4 Å². The first-order valence-electron chi connectivity index (χ1n) is 8.35.